The molecule has 0 saturated heterocycles. The van der Waals surface area contributed by atoms with Crippen LogP contribution in [-0.2, 0) is 6.18 Å². The molecule has 0 N–H and O–H groups in total. The maximum absolute atomic E-state index is 12.9. The number of rotatable bonds is 2. The number of carbonyl (C=O) groups is 1. The minimum Gasteiger partial charge on any atom is -0.452 e. The molecule has 0 radical (unpaired) electrons. The Balaban J connectivity index is 1.89. The van der Waals surface area contributed by atoms with Gasteiger partial charge in [0.05, 0.1) is 11.1 Å². The Labute approximate surface area is 153 Å². The van der Waals surface area contributed by atoms with Crippen LogP contribution in [0.15, 0.2) is 84.6 Å². The van der Waals surface area contributed by atoms with E-state index >= 15 is 0 Å². The second kappa shape index (κ2) is 6.43. The highest BCUT2D eigenvalue weighted by Gasteiger charge is 2.32. The molecule has 0 aromatic heterocycles. The highest BCUT2D eigenvalue weighted by Crippen LogP contribution is 2.38. The molecule has 0 bridgehead atoms. The van der Waals surface area contributed by atoms with Crippen LogP contribution in [0.25, 0.3) is 5.57 Å². The van der Waals surface area contributed by atoms with Crippen molar-refractivity contribution in [3.63, 3.8) is 0 Å². The van der Waals surface area contributed by atoms with Crippen LogP contribution in [0.2, 0.25) is 0 Å². The molecule has 0 spiro atoms. The van der Waals surface area contributed by atoms with Gasteiger partial charge in [-0.05, 0) is 35.4 Å². The van der Waals surface area contributed by atoms with Gasteiger partial charge in [0.25, 0.3) is 0 Å². The van der Waals surface area contributed by atoms with Crippen LogP contribution in [0.5, 0.6) is 5.75 Å². The summed E-state index contributed by atoms with van der Waals surface area (Å²) in [6.07, 6.45) is -4.42. The summed E-state index contributed by atoms with van der Waals surface area (Å²) in [6.45, 7) is 0. The fourth-order valence-electron chi connectivity index (χ4n) is 3.05. The zero-order valence-electron chi connectivity index (χ0n) is 14.0. The van der Waals surface area contributed by atoms with Crippen molar-refractivity contribution in [1.29, 1.82) is 0 Å². The third-order valence-corrected chi connectivity index (χ3v) is 4.34. The van der Waals surface area contributed by atoms with Crippen molar-refractivity contribution in [2.24, 2.45) is 0 Å². The van der Waals surface area contributed by atoms with Crippen molar-refractivity contribution in [3.8, 4) is 5.75 Å². The fraction of sp³-hybridized carbons (Fsp3) is 0.0455. The molecular formula is C22H13F3O2. The number of halogens is 3. The van der Waals surface area contributed by atoms with Gasteiger partial charge < -0.3 is 4.74 Å². The molecule has 1 aliphatic rings. The molecule has 4 rings (SSSR count). The summed E-state index contributed by atoms with van der Waals surface area (Å²) in [5.41, 5.74) is 1.32. The summed E-state index contributed by atoms with van der Waals surface area (Å²) < 4.78 is 44.5. The van der Waals surface area contributed by atoms with Crippen molar-refractivity contribution in [2.45, 2.75) is 6.18 Å². The number of alkyl halides is 3. The number of hydrogen-bond donors (Lipinski definition) is 0. The molecule has 27 heavy (non-hydrogen) atoms. The molecular weight excluding hydrogens is 353 g/mol. The second-order valence-electron chi connectivity index (χ2n) is 6.07. The third-order valence-electron chi connectivity index (χ3n) is 4.34. The van der Waals surface area contributed by atoms with Crippen molar-refractivity contribution in [2.75, 3.05) is 0 Å². The summed E-state index contributed by atoms with van der Waals surface area (Å²) in [6, 6.07) is 20.6. The molecule has 0 atom stereocenters. The largest absolute Gasteiger partial charge is 0.452 e. The highest BCUT2D eigenvalue weighted by atomic mass is 19.4. The predicted molar refractivity (Wildman–Crippen MR) is 95.3 cm³/mol. The number of fused-ring (bicyclic) bond motifs is 1. The SMILES string of the molecule is O=C1/C(=C(/c2ccccc2)c2ccc(C(F)(F)F)cc2)Oc2ccccc21. The van der Waals surface area contributed by atoms with Gasteiger partial charge in [-0.3, -0.25) is 4.79 Å². The standard InChI is InChI=1S/C22H13F3O2/c23-22(24,25)16-12-10-15(11-13-16)19(14-6-2-1-3-7-14)21-20(26)17-8-4-5-9-18(17)27-21/h1-13H/b21-19+. The summed E-state index contributed by atoms with van der Waals surface area (Å²) in [4.78, 5) is 12.8. The molecule has 0 unspecified atom stereocenters. The molecule has 0 aliphatic carbocycles. The molecule has 3 aromatic rings. The molecule has 2 nitrogen and oxygen atoms in total. The summed E-state index contributed by atoms with van der Waals surface area (Å²) >= 11 is 0. The Bertz CT molecular complexity index is 1030. The molecule has 5 heteroatoms. The van der Waals surface area contributed by atoms with Gasteiger partial charge in [0.15, 0.2) is 5.76 Å². The van der Waals surface area contributed by atoms with Crippen LogP contribution >= 0.6 is 0 Å². The molecule has 134 valence electrons. The van der Waals surface area contributed by atoms with Crippen LogP contribution in [0.3, 0.4) is 0 Å². The van der Waals surface area contributed by atoms with Gasteiger partial charge in [0.2, 0.25) is 5.78 Å². The van der Waals surface area contributed by atoms with Crippen molar-refractivity contribution in [3.05, 3.63) is 107 Å². The average Bonchev–Trinajstić information content (AvgIpc) is 2.99. The van der Waals surface area contributed by atoms with Crippen molar-refractivity contribution < 1.29 is 22.7 Å². The van der Waals surface area contributed by atoms with Crippen LogP contribution in [0.4, 0.5) is 13.2 Å². The monoisotopic (exact) mass is 366 g/mol. The smallest absolute Gasteiger partial charge is 0.416 e. The maximum atomic E-state index is 12.9. The van der Waals surface area contributed by atoms with Crippen molar-refractivity contribution in [1.82, 2.24) is 0 Å². The molecule has 3 aromatic carbocycles. The lowest BCUT2D eigenvalue weighted by Gasteiger charge is -2.13. The van der Waals surface area contributed by atoms with Gasteiger partial charge in [0, 0.05) is 5.57 Å². The topological polar surface area (TPSA) is 26.3 Å². The van der Waals surface area contributed by atoms with Crippen molar-refractivity contribution >= 4 is 11.4 Å². The van der Waals surface area contributed by atoms with E-state index < -0.39 is 11.7 Å². The zero-order valence-corrected chi connectivity index (χ0v) is 14.0. The summed E-state index contributed by atoms with van der Waals surface area (Å²) in [5.74, 6) is 0.268. The number of Topliss-reactive ketones (excluding diaryl/α,β-unsaturated/α-hetero) is 1. The number of para-hydroxylation sites is 1. The quantitative estimate of drug-likeness (QED) is 0.541. The molecule has 0 saturated carbocycles. The van der Waals surface area contributed by atoms with E-state index in [4.69, 9.17) is 4.74 Å². The van der Waals surface area contributed by atoms with E-state index in [2.05, 4.69) is 0 Å². The van der Waals surface area contributed by atoms with E-state index in [1.54, 1.807) is 48.5 Å². The molecule has 1 aliphatic heterocycles. The van der Waals surface area contributed by atoms with Crippen LogP contribution in [-0.4, -0.2) is 5.78 Å². The summed E-state index contributed by atoms with van der Waals surface area (Å²) in [5, 5.41) is 0. The number of ether oxygens (including phenoxy) is 1. The number of carbonyl (C=O) groups excluding carboxylic acids is 1. The van der Waals surface area contributed by atoms with Gasteiger partial charge in [-0.2, -0.15) is 13.2 Å². The average molecular weight is 366 g/mol. The third kappa shape index (κ3) is 3.12. The van der Waals surface area contributed by atoms with E-state index in [9.17, 15) is 18.0 Å². The Morgan fingerprint density at radius 3 is 1.96 bits per heavy atom. The first kappa shape index (κ1) is 17.1. The van der Waals surface area contributed by atoms with E-state index in [1.165, 1.54) is 12.1 Å². The van der Waals surface area contributed by atoms with Gasteiger partial charge >= 0.3 is 6.18 Å². The number of benzene rings is 3. The van der Waals surface area contributed by atoms with E-state index in [0.717, 1.165) is 12.1 Å². The lowest BCUT2D eigenvalue weighted by atomic mass is 9.94. The van der Waals surface area contributed by atoms with E-state index in [1.807, 2.05) is 6.07 Å². The van der Waals surface area contributed by atoms with Crippen LogP contribution in [0.1, 0.15) is 27.0 Å². The lowest BCUT2D eigenvalue weighted by Crippen LogP contribution is -2.07. The first-order chi connectivity index (χ1) is 12.9. The number of allylic oxidation sites excluding steroid dienone is 1. The lowest BCUT2D eigenvalue weighted by molar-refractivity contribution is -0.137. The Morgan fingerprint density at radius 1 is 0.741 bits per heavy atom. The minimum atomic E-state index is -4.42. The predicted octanol–water partition coefficient (Wildman–Crippen LogP) is 5.74. The Morgan fingerprint density at radius 2 is 1.33 bits per heavy atom. The Hall–Kier alpha value is -3.34. The number of hydrogen-bond acceptors (Lipinski definition) is 2. The molecule has 0 amide bonds. The first-order valence-corrected chi connectivity index (χ1v) is 8.24. The Kier molecular flexibility index (Phi) is 4.07. The van der Waals surface area contributed by atoms with Gasteiger partial charge in [-0.15, -0.1) is 0 Å². The first-order valence-electron chi connectivity index (χ1n) is 8.24. The van der Waals surface area contributed by atoms with E-state index in [0.29, 0.717) is 28.0 Å². The maximum Gasteiger partial charge on any atom is 0.416 e. The summed E-state index contributed by atoms with van der Waals surface area (Å²) in [7, 11) is 0. The normalized spacial score (nSPS) is 15.3. The zero-order chi connectivity index (χ0) is 19.0. The van der Waals surface area contributed by atoms with Gasteiger partial charge in [-0.1, -0.05) is 54.6 Å². The van der Waals surface area contributed by atoms with E-state index in [-0.39, 0.29) is 11.5 Å². The van der Waals surface area contributed by atoms with Gasteiger partial charge in [-0.25, -0.2) is 0 Å². The fourth-order valence-corrected chi connectivity index (χ4v) is 3.05. The van der Waals surface area contributed by atoms with Gasteiger partial charge in [0.1, 0.15) is 5.75 Å². The van der Waals surface area contributed by atoms with Crippen LogP contribution < -0.4 is 4.74 Å². The van der Waals surface area contributed by atoms with Crippen LogP contribution in [0, 0.1) is 0 Å². The minimum absolute atomic E-state index is 0.113. The molecule has 1 heterocycles. The number of ketones is 1. The highest BCUT2D eigenvalue weighted by molar-refractivity contribution is 6.17. The molecule has 0 fully saturated rings. The second-order valence-corrected chi connectivity index (χ2v) is 6.07.